The molecule has 0 saturated heterocycles. The number of hydrogen-bond acceptors (Lipinski definition) is 5. The number of fused-ring (bicyclic) bond motifs is 2. The van der Waals surface area contributed by atoms with Crippen LogP contribution in [0.5, 0.6) is 11.5 Å². The van der Waals surface area contributed by atoms with Crippen molar-refractivity contribution in [3.63, 3.8) is 0 Å². The average molecular weight is 570 g/mol. The van der Waals surface area contributed by atoms with E-state index < -0.39 is 0 Å². The Hall–Kier alpha value is -4.37. The summed E-state index contributed by atoms with van der Waals surface area (Å²) in [5, 5.41) is 0. The third-order valence-corrected chi connectivity index (χ3v) is 12.6. The molecule has 0 fully saturated rings. The first-order valence-electron chi connectivity index (χ1n) is 14.2. The van der Waals surface area contributed by atoms with Gasteiger partial charge in [0, 0.05) is 99.0 Å². The predicted octanol–water partition coefficient (Wildman–Crippen LogP) is 1.27. The van der Waals surface area contributed by atoms with Crippen LogP contribution in [0.4, 0.5) is 11.4 Å². The summed E-state index contributed by atoms with van der Waals surface area (Å²) >= 11 is 3.71. The number of aromatic nitrogens is 4. The lowest BCUT2D eigenvalue weighted by Gasteiger charge is -2.40. The molecule has 0 saturated carbocycles. The minimum atomic E-state index is 0.145. The Balaban J connectivity index is 1.32. The van der Waals surface area contributed by atoms with Crippen LogP contribution in [0, 0.1) is 0 Å². The highest BCUT2D eigenvalue weighted by Gasteiger charge is 2.75. The van der Waals surface area contributed by atoms with E-state index in [1.54, 1.807) is 0 Å². The monoisotopic (exact) mass is 570 g/mol. The van der Waals surface area contributed by atoms with E-state index in [-0.39, 0.29) is 13.4 Å². The summed E-state index contributed by atoms with van der Waals surface area (Å²) in [5.74, 6) is 1.86. The van der Waals surface area contributed by atoms with Crippen LogP contribution in [-0.2, 0) is 0 Å². The largest absolute Gasteiger partial charge is 0.444 e. The van der Waals surface area contributed by atoms with E-state index in [9.17, 15) is 0 Å². The second-order valence-corrected chi connectivity index (χ2v) is 14.1. The summed E-state index contributed by atoms with van der Waals surface area (Å²) in [4.78, 5) is 14.5. The highest BCUT2D eigenvalue weighted by atomic mass is 32.2. The Morgan fingerprint density at radius 1 is 0.571 bits per heavy atom. The van der Waals surface area contributed by atoms with Crippen LogP contribution < -0.4 is 51.8 Å². The smallest absolute Gasteiger partial charge is 0.345 e. The summed E-state index contributed by atoms with van der Waals surface area (Å²) in [6.07, 6.45) is 12.8. The number of quaternary nitrogens is 1. The lowest BCUT2D eigenvalue weighted by atomic mass is 9.38. The molecule has 6 aromatic rings. The molecule has 1 spiro atoms. The first-order chi connectivity index (χ1) is 20.8. The SMILES string of the molecule is c1cc2c3[n+](c1)[N+]14c5c(ccc6c5B3c3c(cncc3-2)S6)Oc2ccc3c(c21)B1c2c(cncc2-c2ccc[n+]4c21)S3. The Kier molecular flexibility index (Phi) is 3.02. The van der Waals surface area contributed by atoms with Gasteiger partial charge in [-0.25, -0.2) is 0 Å². The maximum absolute atomic E-state index is 6.96. The molecule has 42 heavy (non-hydrogen) atoms. The normalized spacial score (nSPS) is 17.1. The molecule has 0 aliphatic carbocycles. The van der Waals surface area contributed by atoms with Gasteiger partial charge < -0.3 is 4.74 Å². The van der Waals surface area contributed by atoms with Gasteiger partial charge in [0.05, 0.1) is 0 Å². The second-order valence-electron chi connectivity index (χ2n) is 11.9. The fraction of sp³-hybridized carbons (Fsp3) is 0. The third kappa shape index (κ3) is 1.81. The minimum absolute atomic E-state index is 0.145. The second kappa shape index (κ2) is 6.20. The summed E-state index contributed by atoms with van der Waals surface area (Å²) in [6, 6.07) is 17.9. The van der Waals surface area contributed by atoms with E-state index in [0.717, 1.165) is 11.5 Å². The van der Waals surface area contributed by atoms with Crippen LogP contribution in [-0.4, -0.2) is 23.4 Å². The number of pyridine rings is 4. The van der Waals surface area contributed by atoms with Crippen molar-refractivity contribution in [2.24, 2.45) is 0 Å². The fourth-order valence-corrected chi connectivity index (χ4v) is 11.5. The van der Waals surface area contributed by atoms with Crippen LogP contribution in [0.15, 0.2) is 105 Å². The van der Waals surface area contributed by atoms with Crippen molar-refractivity contribution in [3.8, 4) is 33.8 Å². The van der Waals surface area contributed by atoms with Gasteiger partial charge in [-0.2, -0.15) is 0 Å². The standard InChI is InChI=1S/C32H14B2N5OS2/c1-3-15-17-11-35-13-23-25(17)33-27-21(41-23)7-5-19-29(27)39(37(9-1)31(15)33)30-20(40-19)6-8-22-28(30)34-26-18(12-36-14-24(26)42-22)16-4-2-10-38(39)32(16)34/h1-14H/q+3. The van der Waals surface area contributed by atoms with E-state index in [0.29, 0.717) is 4.70 Å². The van der Waals surface area contributed by atoms with Crippen molar-refractivity contribution in [2.45, 2.75) is 19.6 Å². The van der Waals surface area contributed by atoms with Gasteiger partial charge in [-0.05, 0) is 47.3 Å². The molecule has 6 nitrogen and oxygen atoms in total. The van der Waals surface area contributed by atoms with Gasteiger partial charge in [-0.1, -0.05) is 23.5 Å². The Morgan fingerprint density at radius 3 is 1.62 bits per heavy atom. The Morgan fingerprint density at radius 2 is 1.10 bits per heavy atom. The molecule has 4 aromatic heterocycles. The lowest BCUT2D eigenvalue weighted by Crippen LogP contribution is -2.98. The van der Waals surface area contributed by atoms with Crippen molar-refractivity contribution in [3.05, 3.63) is 85.7 Å². The molecule has 7 aliphatic rings. The van der Waals surface area contributed by atoms with Crippen molar-refractivity contribution >= 4 is 81.4 Å². The topological polar surface area (TPSA) is 42.8 Å². The minimum Gasteiger partial charge on any atom is -0.444 e. The zero-order valence-electron chi connectivity index (χ0n) is 21.7. The zero-order chi connectivity index (χ0) is 26.6. The molecule has 0 unspecified atom stereocenters. The summed E-state index contributed by atoms with van der Waals surface area (Å²) < 4.78 is 12.5. The number of nitrogens with zero attached hydrogens (tertiary/aromatic N) is 5. The fourth-order valence-electron chi connectivity index (χ4n) is 9.17. The Bertz CT molecular complexity index is 2280. The average Bonchev–Trinajstić information content (AvgIpc) is 3.56. The molecule has 0 radical (unpaired) electrons. The number of ether oxygens (including phenoxy) is 1. The first-order valence-corrected chi connectivity index (χ1v) is 15.8. The molecule has 0 N–H and O–H groups in total. The molecule has 10 heteroatoms. The van der Waals surface area contributed by atoms with Crippen LogP contribution in [0.25, 0.3) is 22.3 Å². The highest BCUT2D eigenvalue weighted by molar-refractivity contribution is 8.00. The number of rotatable bonds is 0. The van der Waals surface area contributed by atoms with Gasteiger partial charge in [-0.3, -0.25) is 9.97 Å². The van der Waals surface area contributed by atoms with Gasteiger partial charge in [0.15, 0.2) is 4.70 Å². The van der Waals surface area contributed by atoms with Crippen LogP contribution in [0.2, 0.25) is 0 Å². The van der Waals surface area contributed by atoms with Crippen molar-refractivity contribution < 1.29 is 14.1 Å². The van der Waals surface area contributed by atoms with E-state index in [1.807, 2.05) is 35.9 Å². The summed E-state index contributed by atoms with van der Waals surface area (Å²) in [7, 11) is 0. The molecule has 11 heterocycles. The van der Waals surface area contributed by atoms with E-state index in [4.69, 9.17) is 14.7 Å². The number of hydrogen-bond donors (Lipinski definition) is 0. The maximum atomic E-state index is 6.96. The third-order valence-electron chi connectivity index (χ3n) is 10.4. The molecule has 0 atom stereocenters. The highest BCUT2D eigenvalue weighted by Crippen LogP contribution is 2.54. The summed E-state index contributed by atoms with van der Waals surface area (Å²) in [6.45, 7) is 0.289. The summed E-state index contributed by atoms with van der Waals surface area (Å²) in [5.41, 5.74) is 15.7. The molecule has 13 rings (SSSR count). The first kappa shape index (κ1) is 20.5. The lowest BCUT2D eigenvalue weighted by molar-refractivity contribution is -1.03. The van der Waals surface area contributed by atoms with Gasteiger partial charge in [0.2, 0.25) is 35.1 Å². The molecule has 188 valence electrons. The molecule has 0 amide bonds. The molecule has 0 bridgehead atoms. The predicted molar refractivity (Wildman–Crippen MR) is 163 cm³/mol. The quantitative estimate of drug-likeness (QED) is 0.156. The number of benzene rings is 2. The van der Waals surface area contributed by atoms with Crippen molar-refractivity contribution in [1.29, 1.82) is 0 Å². The van der Waals surface area contributed by atoms with Gasteiger partial charge in [0.1, 0.15) is 0 Å². The van der Waals surface area contributed by atoms with Crippen LogP contribution in [0.3, 0.4) is 0 Å². The van der Waals surface area contributed by atoms with Gasteiger partial charge >= 0.3 is 24.8 Å². The van der Waals surface area contributed by atoms with E-state index in [1.165, 1.54) is 86.2 Å². The molecular formula is C32H14B2N5OS2+3. The molecular weight excluding hydrogens is 556 g/mol. The van der Waals surface area contributed by atoms with Crippen molar-refractivity contribution in [2.75, 3.05) is 0 Å². The maximum Gasteiger partial charge on any atom is 0.345 e. The van der Waals surface area contributed by atoms with Crippen LogP contribution in [0.1, 0.15) is 0 Å². The Labute approximate surface area is 248 Å². The molecule has 2 aromatic carbocycles. The van der Waals surface area contributed by atoms with Gasteiger partial charge in [-0.15, -0.1) is 0 Å². The van der Waals surface area contributed by atoms with Crippen LogP contribution >= 0.6 is 23.5 Å². The van der Waals surface area contributed by atoms with E-state index >= 15 is 0 Å². The molecule has 7 aliphatic heterocycles. The van der Waals surface area contributed by atoms with Crippen molar-refractivity contribution in [1.82, 2.24) is 14.7 Å². The van der Waals surface area contributed by atoms with E-state index in [2.05, 4.69) is 82.7 Å². The zero-order valence-corrected chi connectivity index (χ0v) is 23.3. The van der Waals surface area contributed by atoms with Gasteiger partial charge in [0.25, 0.3) is 0 Å².